The number of thioether (sulfide) groups is 1. The molecule has 0 unspecified atom stereocenters. The Morgan fingerprint density at radius 2 is 1.50 bits per heavy atom. The van der Waals surface area contributed by atoms with E-state index in [0.29, 0.717) is 10.9 Å². The minimum Gasteiger partial charge on any atom is -0.497 e. The minimum absolute atomic E-state index is 0.0402. The SMILES string of the molecule is COc1ccc(-c2nc(SCC(=O)N(C)C)[nH]c2-c2ccc(OC)cc2)cc1. The lowest BCUT2D eigenvalue weighted by molar-refractivity contribution is -0.125. The van der Waals surface area contributed by atoms with Crippen LogP contribution in [0.5, 0.6) is 11.5 Å². The Balaban J connectivity index is 1.97. The molecule has 0 saturated heterocycles. The lowest BCUT2D eigenvalue weighted by Gasteiger charge is -2.08. The second kappa shape index (κ2) is 8.84. The molecule has 6 nitrogen and oxygen atoms in total. The fraction of sp³-hybridized carbons (Fsp3) is 0.238. The van der Waals surface area contributed by atoms with Crippen LogP contribution in [0, 0.1) is 0 Å². The molecule has 0 aliphatic carbocycles. The van der Waals surface area contributed by atoms with Crippen LogP contribution < -0.4 is 9.47 Å². The Morgan fingerprint density at radius 1 is 0.964 bits per heavy atom. The van der Waals surface area contributed by atoms with E-state index in [9.17, 15) is 4.79 Å². The van der Waals surface area contributed by atoms with E-state index in [1.54, 1.807) is 33.2 Å². The highest BCUT2D eigenvalue weighted by molar-refractivity contribution is 7.99. The molecule has 7 heteroatoms. The highest BCUT2D eigenvalue weighted by Gasteiger charge is 2.16. The molecule has 1 amide bonds. The van der Waals surface area contributed by atoms with E-state index in [1.165, 1.54) is 11.8 Å². The largest absolute Gasteiger partial charge is 0.497 e. The maximum Gasteiger partial charge on any atom is 0.232 e. The predicted molar refractivity (Wildman–Crippen MR) is 112 cm³/mol. The number of aromatic nitrogens is 2. The molecule has 1 N–H and O–H groups in total. The van der Waals surface area contributed by atoms with Crippen LogP contribution in [0.15, 0.2) is 53.7 Å². The summed E-state index contributed by atoms with van der Waals surface area (Å²) in [6, 6.07) is 15.6. The van der Waals surface area contributed by atoms with Gasteiger partial charge >= 0.3 is 0 Å². The molecule has 0 saturated carbocycles. The van der Waals surface area contributed by atoms with Gasteiger partial charge in [-0.25, -0.2) is 4.98 Å². The minimum atomic E-state index is 0.0402. The molecule has 1 heterocycles. The number of imidazole rings is 1. The van der Waals surface area contributed by atoms with Gasteiger partial charge in [-0.05, 0) is 48.5 Å². The van der Waals surface area contributed by atoms with E-state index >= 15 is 0 Å². The van der Waals surface area contributed by atoms with E-state index < -0.39 is 0 Å². The van der Waals surface area contributed by atoms with Gasteiger partial charge in [0.25, 0.3) is 0 Å². The van der Waals surface area contributed by atoms with Crippen molar-refractivity contribution in [1.82, 2.24) is 14.9 Å². The first kappa shape index (κ1) is 19.8. The normalized spacial score (nSPS) is 10.6. The van der Waals surface area contributed by atoms with Crippen LogP contribution in [0.2, 0.25) is 0 Å². The summed E-state index contributed by atoms with van der Waals surface area (Å²) < 4.78 is 10.5. The third kappa shape index (κ3) is 4.48. The summed E-state index contributed by atoms with van der Waals surface area (Å²) in [5.74, 6) is 1.94. The van der Waals surface area contributed by atoms with Crippen molar-refractivity contribution in [2.75, 3.05) is 34.1 Å². The summed E-state index contributed by atoms with van der Waals surface area (Å²) in [5, 5.41) is 0.701. The number of H-pyrrole nitrogens is 1. The van der Waals surface area contributed by atoms with Crippen molar-refractivity contribution in [2.24, 2.45) is 0 Å². The zero-order chi connectivity index (χ0) is 20.1. The Labute approximate surface area is 168 Å². The number of nitrogens with one attached hydrogen (secondary N) is 1. The third-order valence-electron chi connectivity index (χ3n) is 4.26. The molecule has 0 radical (unpaired) electrons. The zero-order valence-corrected chi connectivity index (χ0v) is 17.2. The number of carbonyl (C=O) groups is 1. The van der Waals surface area contributed by atoms with Crippen molar-refractivity contribution in [3.05, 3.63) is 48.5 Å². The van der Waals surface area contributed by atoms with E-state index in [-0.39, 0.29) is 5.91 Å². The van der Waals surface area contributed by atoms with Gasteiger partial charge in [0.15, 0.2) is 5.16 Å². The fourth-order valence-electron chi connectivity index (χ4n) is 2.60. The van der Waals surface area contributed by atoms with Crippen LogP contribution in [0.1, 0.15) is 0 Å². The van der Waals surface area contributed by atoms with Gasteiger partial charge in [-0.1, -0.05) is 11.8 Å². The smallest absolute Gasteiger partial charge is 0.232 e. The molecule has 0 atom stereocenters. The molecule has 0 aliphatic heterocycles. The molecule has 0 bridgehead atoms. The Morgan fingerprint density at radius 3 is 2.00 bits per heavy atom. The van der Waals surface area contributed by atoms with Gasteiger partial charge in [-0.3, -0.25) is 4.79 Å². The zero-order valence-electron chi connectivity index (χ0n) is 16.4. The first-order valence-electron chi connectivity index (χ1n) is 8.73. The highest BCUT2D eigenvalue weighted by atomic mass is 32.2. The van der Waals surface area contributed by atoms with Crippen LogP contribution in [0.25, 0.3) is 22.5 Å². The second-order valence-corrected chi connectivity index (χ2v) is 7.26. The van der Waals surface area contributed by atoms with Crippen LogP contribution in [0.4, 0.5) is 0 Å². The molecule has 3 aromatic rings. The van der Waals surface area contributed by atoms with E-state index in [2.05, 4.69) is 4.98 Å². The first-order valence-corrected chi connectivity index (χ1v) is 9.72. The standard InChI is InChI=1S/C21H23N3O3S/c1-24(2)18(25)13-28-21-22-19(14-5-9-16(26-3)10-6-14)20(23-21)15-7-11-17(27-4)12-8-15/h5-12H,13H2,1-4H3,(H,22,23). The molecule has 0 spiro atoms. The number of benzene rings is 2. The van der Waals surface area contributed by atoms with E-state index in [0.717, 1.165) is 34.0 Å². The molecule has 0 aliphatic rings. The van der Waals surface area contributed by atoms with Gasteiger partial charge in [-0.15, -0.1) is 0 Å². The third-order valence-corrected chi connectivity index (χ3v) is 5.11. The number of hydrogen-bond donors (Lipinski definition) is 1. The quantitative estimate of drug-likeness (QED) is 0.612. The number of nitrogens with zero attached hydrogens (tertiary/aromatic N) is 2. The van der Waals surface area contributed by atoms with Crippen molar-refractivity contribution < 1.29 is 14.3 Å². The Hall–Kier alpha value is -2.93. The van der Waals surface area contributed by atoms with Crippen LogP contribution in [-0.2, 0) is 4.79 Å². The maximum atomic E-state index is 11.9. The van der Waals surface area contributed by atoms with Crippen molar-refractivity contribution in [2.45, 2.75) is 5.16 Å². The van der Waals surface area contributed by atoms with Crippen molar-refractivity contribution >= 4 is 17.7 Å². The average Bonchev–Trinajstić information content (AvgIpc) is 3.16. The Bertz CT molecular complexity index is 870. The number of amides is 1. The molecule has 28 heavy (non-hydrogen) atoms. The number of aromatic amines is 1. The van der Waals surface area contributed by atoms with Gasteiger partial charge in [0, 0.05) is 25.2 Å². The molecule has 0 fully saturated rings. The van der Waals surface area contributed by atoms with Crippen LogP contribution >= 0.6 is 11.8 Å². The second-order valence-electron chi connectivity index (χ2n) is 6.30. The van der Waals surface area contributed by atoms with E-state index in [1.807, 2.05) is 48.5 Å². The van der Waals surface area contributed by atoms with Gasteiger partial charge < -0.3 is 19.4 Å². The van der Waals surface area contributed by atoms with Gasteiger partial charge in [0.05, 0.1) is 31.4 Å². The predicted octanol–water partition coefficient (Wildman–Crippen LogP) is 3.94. The molecule has 2 aromatic carbocycles. The summed E-state index contributed by atoms with van der Waals surface area (Å²) >= 11 is 1.39. The van der Waals surface area contributed by atoms with Crippen molar-refractivity contribution in [3.8, 4) is 34.0 Å². The lowest BCUT2D eigenvalue weighted by Crippen LogP contribution is -2.23. The van der Waals surface area contributed by atoms with Gasteiger partial charge in [-0.2, -0.15) is 0 Å². The number of rotatable bonds is 7. The number of methoxy groups -OCH3 is 2. The lowest BCUT2D eigenvalue weighted by atomic mass is 10.0. The van der Waals surface area contributed by atoms with Gasteiger partial charge in [0.1, 0.15) is 11.5 Å². The van der Waals surface area contributed by atoms with E-state index in [4.69, 9.17) is 14.5 Å². The summed E-state index contributed by atoms with van der Waals surface area (Å²) in [6.45, 7) is 0. The summed E-state index contributed by atoms with van der Waals surface area (Å²) in [4.78, 5) is 21.6. The molecule has 3 rings (SSSR count). The number of hydrogen-bond acceptors (Lipinski definition) is 5. The molecule has 1 aromatic heterocycles. The summed E-state index contributed by atoms with van der Waals surface area (Å²) in [6.07, 6.45) is 0. The molecular weight excluding hydrogens is 374 g/mol. The monoisotopic (exact) mass is 397 g/mol. The van der Waals surface area contributed by atoms with Crippen LogP contribution in [-0.4, -0.2) is 54.8 Å². The van der Waals surface area contributed by atoms with Crippen molar-refractivity contribution in [3.63, 3.8) is 0 Å². The number of carbonyl (C=O) groups excluding carboxylic acids is 1. The first-order chi connectivity index (χ1) is 13.5. The fourth-order valence-corrected chi connectivity index (χ4v) is 3.45. The number of ether oxygens (including phenoxy) is 2. The summed E-state index contributed by atoms with van der Waals surface area (Å²) in [7, 11) is 6.78. The Kier molecular flexibility index (Phi) is 6.26. The van der Waals surface area contributed by atoms with Gasteiger partial charge in [0.2, 0.25) is 5.91 Å². The van der Waals surface area contributed by atoms with Crippen molar-refractivity contribution in [1.29, 1.82) is 0 Å². The summed E-state index contributed by atoms with van der Waals surface area (Å²) in [5.41, 5.74) is 3.68. The highest BCUT2D eigenvalue weighted by Crippen LogP contribution is 2.34. The molecule has 146 valence electrons. The molecular formula is C21H23N3O3S. The topological polar surface area (TPSA) is 67.5 Å². The van der Waals surface area contributed by atoms with Crippen LogP contribution in [0.3, 0.4) is 0 Å². The average molecular weight is 398 g/mol. The maximum absolute atomic E-state index is 11.9.